The van der Waals surface area contributed by atoms with Gasteiger partial charge in [-0.2, -0.15) is 4.31 Å². The SMILES string of the molecule is COc1ccc(C(=O)NNc2ccccc2[N+](=O)[O-])cc1S(=O)(=O)N1CCCCC1C. The summed E-state index contributed by atoms with van der Waals surface area (Å²) in [6.45, 7) is 2.26. The third-order valence-electron chi connectivity index (χ3n) is 5.17. The van der Waals surface area contributed by atoms with Crippen LogP contribution in [0.1, 0.15) is 36.5 Å². The van der Waals surface area contributed by atoms with Crippen molar-refractivity contribution in [3.05, 3.63) is 58.1 Å². The van der Waals surface area contributed by atoms with Crippen molar-refractivity contribution in [2.45, 2.75) is 37.1 Å². The van der Waals surface area contributed by atoms with Gasteiger partial charge in [-0.15, -0.1) is 0 Å². The Morgan fingerprint density at radius 3 is 2.65 bits per heavy atom. The summed E-state index contributed by atoms with van der Waals surface area (Å²) in [7, 11) is -2.51. The smallest absolute Gasteiger partial charge is 0.294 e. The van der Waals surface area contributed by atoms with Crippen LogP contribution >= 0.6 is 0 Å². The van der Waals surface area contributed by atoms with E-state index in [0.717, 1.165) is 19.3 Å². The van der Waals surface area contributed by atoms with Crippen molar-refractivity contribution in [1.29, 1.82) is 0 Å². The number of hydrogen-bond donors (Lipinski definition) is 2. The fraction of sp³-hybridized carbons (Fsp3) is 0.350. The van der Waals surface area contributed by atoms with Crippen molar-refractivity contribution in [1.82, 2.24) is 9.73 Å². The molecule has 1 atom stereocenters. The molecule has 1 aliphatic heterocycles. The van der Waals surface area contributed by atoms with Crippen LogP contribution in [0.15, 0.2) is 47.4 Å². The molecule has 166 valence electrons. The third kappa shape index (κ3) is 4.78. The van der Waals surface area contributed by atoms with Crippen LogP contribution in [-0.2, 0) is 10.0 Å². The van der Waals surface area contributed by atoms with Crippen LogP contribution in [0.4, 0.5) is 11.4 Å². The molecule has 1 aliphatic rings. The molecule has 0 saturated carbocycles. The molecule has 1 fully saturated rings. The number of methoxy groups -OCH3 is 1. The monoisotopic (exact) mass is 448 g/mol. The van der Waals surface area contributed by atoms with Gasteiger partial charge in [-0.1, -0.05) is 18.6 Å². The van der Waals surface area contributed by atoms with E-state index in [9.17, 15) is 23.3 Å². The molecule has 2 aromatic carbocycles. The zero-order chi connectivity index (χ0) is 22.6. The zero-order valence-electron chi connectivity index (χ0n) is 17.2. The van der Waals surface area contributed by atoms with E-state index < -0.39 is 20.9 Å². The second kappa shape index (κ2) is 9.31. The number of nitrogens with zero attached hydrogens (tertiary/aromatic N) is 2. The Morgan fingerprint density at radius 1 is 1.23 bits per heavy atom. The minimum absolute atomic E-state index is 0.0649. The van der Waals surface area contributed by atoms with Gasteiger partial charge in [0, 0.05) is 24.2 Å². The molecular weight excluding hydrogens is 424 g/mol. The summed E-state index contributed by atoms with van der Waals surface area (Å²) < 4.78 is 33.2. The van der Waals surface area contributed by atoms with E-state index in [1.165, 1.54) is 47.8 Å². The Morgan fingerprint density at radius 2 is 1.97 bits per heavy atom. The highest BCUT2D eigenvalue weighted by molar-refractivity contribution is 7.89. The van der Waals surface area contributed by atoms with Crippen LogP contribution in [0.5, 0.6) is 5.75 Å². The van der Waals surface area contributed by atoms with Crippen molar-refractivity contribution in [3.8, 4) is 5.75 Å². The minimum Gasteiger partial charge on any atom is -0.495 e. The maximum Gasteiger partial charge on any atom is 0.294 e. The number of nitro groups is 1. The number of nitrogens with one attached hydrogen (secondary N) is 2. The molecule has 0 spiro atoms. The Bertz CT molecular complexity index is 1090. The molecule has 2 N–H and O–H groups in total. The van der Waals surface area contributed by atoms with Gasteiger partial charge in [0.05, 0.1) is 12.0 Å². The van der Waals surface area contributed by atoms with E-state index >= 15 is 0 Å². The number of nitro benzene ring substituents is 1. The van der Waals surface area contributed by atoms with Gasteiger partial charge >= 0.3 is 0 Å². The summed E-state index contributed by atoms with van der Waals surface area (Å²) >= 11 is 0. The van der Waals surface area contributed by atoms with Crippen molar-refractivity contribution < 1.29 is 22.9 Å². The van der Waals surface area contributed by atoms with Gasteiger partial charge in [-0.05, 0) is 44.0 Å². The first-order valence-corrected chi connectivity index (χ1v) is 11.2. The summed E-state index contributed by atoms with van der Waals surface area (Å²) in [6, 6.07) is 9.78. The molecule has 2 aromatic rings. The van der Waals surface area contributed by atoms with Crippen LogP contribution in [0.25, 0.3) is 0 Å². The number of amides is 1. The molecule has 0 aromatic heterocycles. The number of hydrogen-bond acceptors (Lipinski definition) is 7. The Labute approximate surface area is 180 Å². The van der Waals surface area contributed by atoms with Gasteiger partial charge in [0.2, 0.25) is 10.0 Å². The number of sulfonamides is 1. The Hall–Kier alpha value is -3.18. The summed E-state index contributed by atoms with van der Waals surface area (Å²) in [5.41, 5.74) is 4.85. The van der Waals surface area contributed by atoms with E-state index in [-0.39, 0.29) is 33.6 Å². The van der Waals surface area contributed by atoms with Gasteiger partial charge in [0.25, 0.3) is 11.6 Å². The average molecular weight is 449 g/mol. The number of rotatable bonds is 7. The second-order valence-electron chi connectivity index (χ2n) is 7.18. The van der Waals surface area contributed by atoms with E-state index in [0.29, 0.717) is 6.54 Å². The van der Waals surface area contributed by atoms with Crippen LogP contribution in [0, 0.1) is 10.1 Å². The minimum atomic E-state index is -3.88. The topological polar surface area (TPSA) is 131 Å². The van der Waals surface area contributed by atoms with Crippen molar-refractivity contribution in [2.75, 3.05) is 19.1 Å². The fourth-order valence-corrected chi connectivity index (χ4v) is 5.39. The summed E-state index contributed by atoms with van der Waals surface area (Å²) in [5, 5.41) is 11.1. The summed E-state index contributed by atoms with van der Waals surface area (Å²) in [6.07, 6.45) is 2.50. The number of carbonyl (C=O) groups excluding carboxylic acids is 1. The quantitative estimate of drug-likeness (QED) is 0.492. The van der Waals surface area contributed by atoms with Gasteiger partial charge in [-0.25, -0.2) is 8.42 Å². The highest BCUT2D eigenvalue weighted by Gasteiger charge is 2.33. The number of para-hydroxylation sites is 2. The molecule has 0 bridgehead atoms. The number of anilines is 1. The van der Waals surface area contributed by atoms with Crippen LogP contribution in [0.3, 0.4) is 0 Å². The van der Waals surface area contributed by atoms with E-state index in [1.807, 2.05) is 6.92 Å². The molecule has 3 rings (SSSR count). The first-order chi connectivity index (χ1) is 14.8. The van der Waals surface area contributed by atoms with Gasteiger partial charge in [0.15, 0.2) is 0 Å². The van der Waals surface area contributed by atoms with Crippen LogP contribution in [-0.4, -0.2) is 43.2 Å². The van der Waals surface area contributed by atoms with Crippen LogP contribution in [0.2, 0.25) is 0 Å². The molecule has 1 unspecified atom stereocenters. The largest absolute Gasteiger partial charge is 0.495 e. The molecule has 0 aliphatic carbocycles. The molecule has 10 nitrogen and oxygen atoms in total. The summed E-state index contributed by atoms with van der Waals surface area (Å²) in [4.78, 5) is 23.1. The summed E-state index contributed by atoms with van der Waals surface area (Å²) in [5.74, 6) is -0.509. The van der Waals surface area contributed by atoms with Crippen molar-refractivity contribution in [2.24, 2.45) is 0 Å². The lowest BCUT2D eigenvalue weighted by Crippen LogP contribution is -2.42. The third-order valence-corrected chi connectivity index (χ3v) is 7.20. The van der Waals surface area contributed by atoms with E-state index in [1.54, 1.807) is 6.07 Å². The second-order valence-corrected chi connectivity index (χ2v) is 9.04. The molecule has 1 saturated heterocycles. The lowest BCUT2D eigenvalue weighted by Gasteiger charge is -2.32. The molecule has 0 radical (unpaired) electrons. The number of piperidine rings is 1. The van der Waals surface area contributed by atoms with Crippen LogP contribution < -0.4 is 15.6 Å². The van der Waals surface area contributed by atoms with Crippen molar-refractivity contribution >= 4 is 27.3 Å². The van der Waals surface area contributed by atoms with Gasteiger partial charge in [-0.3, -0.25) is 25.8 Å². The number of carbonyl (C=O) groups is 1. The molecular formula is C20H24N4O6S. The van der Waals surface area contributed by atoms with Gasteiger partial charge < -0.3 is 4.74 Å². The highest BCUT2D eigenvalue weighted by atomic mass is 32.2. The normalized spacial score (nSPS) is 17.0. The first kappa shape index (κ1) is 22.5. The number of ether oxygens (including phenoxy) is 1. The number of benzene rings is 2. The predicted octanol–water partition coefficient (Wildman–Crippen LogP) is 2.92. The average Bonchev–Trinajstić information content (AvgIpc) is 2.77. The molecule has 1 heterocycles. The molecule has 11 heteroatoms. The van der Waals surface area contributed by atoms with Crippen molar-refractivity contribution in [3.63, 3.8) is 0 Å². The zero-order valence-corrected chi connectivity index (χ0v) is 18.0. The lowest BCUT2D eigenvalue weighted by atomic mass is 10.1. The lowest BCUT2D eigenvalue weighted by molar-refractivity contribution is -0.384. The van der Waals surface area contributed by atoms with E-state index in [2.05, 4.69) is 10.9 Å². The Balaban J connectivity index is 1.86. The standard InChI is InChI=1S/C20H24N4O6S/c1-14-7-5-6-12-23(14)31(28,29)19-13-15(10-11-18(19)30-2)20(25)22-21-16-8-3-4-9-17(16)24(26)27/h3-4,8-11,13-14,21H,5-7,12H2,1-2H3,(H,22,25). The Kier molecular flexibility index (Phi) is 6.76. The fourth-order valence-electron chi connectivity index (χ4n) is 3.51. The maximum atomic E-state index is 13.3. The molecule has 31 heavy (non-hydrogen) atoms. The first-order valence-electron chi connectivity index (χ1n) is 9.75. The maximum absolute atomic E-state index is 13.3. The number of hydrazine groups is 1. The van der Waals surface area contributed by atoms with E-state index in [4.69, 9.17) is 4.74 Å². The van der Waals surface area contributed by atoms with Gasteiger partial charge in [0.1, 0.15) is 16.3 Å². The predicted molar refractivity (Wildman–Crippen MR) is 114 cm³/mol. The molecule has 1 amide bonds. The highest BCUT2D eigenvalue weighted by Crippen LogP contribution is 2.31.